The topological polar surface area (TPSA) is 38.3 Å². The lowest BCUT2D eigenvalue weighted by atomic mass is 10.2. The molecule has 0 spiro atoms. The van der Waals surface area contributed by atoms with E-state index in [2.05, 4.69) is 5.32 Å². The van der Waals surface area contributed by atoms with Gasteiger partial charge < -0.3 is 10.1 Å². The van der Waals surface area contributed by atoms with Crippen LogP contribution in [0.4, 0.5) is 5.69 Å². The normalized spacial score (nSPS) is 11.8. The third-order valence-electron chi connectivity index (χ3n) is 2.87. The van der Waals surface area contributed by atoms with Crippen LogP contribution in [0.1, 0.15) is 13.3 Å². The summed E-state index contributed by atoms with van der Waals surface area (Å²) in [4.78, 5) is 12.3. The molecular formula is C16H14Cl3NO2. The second-order valence-electron chi connectivity index (χ2n) is 4.62. The molecule has 3 nitrogen and oxygen atoms in total. The van der Waals surface area contributed by atoms with Gasteiger partial charge in [0.25, 0.3) is 5.91 Å². The van der Waals surface area contributed by atoms with E-state index < -0.39 is 6.10 Å². The highest BCUT2D eigenvalue weighted by atomic mass is 35.5. The van der Waals surface area contributed by atoms with Crippen LogP contribution in [0.25, 0.3) is 0 Å². The largest absolute Gasteiger partial charge is 0.481 e. The summed E-state index contributed by atoms with van der Waals surface area (Å²) in [5.74, 6) is 0.263. The van der Waals surface area contributed by atoms with Crippen molar-refractivity contribution in [2.45, 2.75) is 19.4 Å². The molecular weight excluding hydrogens is 345 g/mol. The van der Waals surface area contributed by atoms with E-state index in [0.717, 1.165) is 0 Å². The average Bonchev–Trinajstić information content (AvgIpc) is 2.43. The SMILES string of the molecule is CCC(Oc1cccc(Cl)c1)C(=O)Nc1cc(Cl)cc(Cl)c1. The monoisotopic (exact) mass is 357 g/mol. The van der Waals surface area contributed by atoms with Gasteiger partial charge in [-0.1, -0.05) is 47.8 Å². The number of carbonyl (C=O) groups is 1. The Bertz CT molecular complexity index is 656. The smallest absolute Gasteiger partial charge is 0.265 e. The molecule has 6 heteroatoms. The summed E-state index contributed by atoms with van der Waals surface area (Å²) >= 11 is 17.7. The predicted molar refractivity (Wildman–Crippen MR) is 91.3 cm³/mol. The van der Waals surface area contributed by atoms with E-state index in [9.17, 15) is 4.79 Å². The fourth-order valence-corrected chi connectivity index (χ4v) is 2.58. The second kappa shape index (κ2) is 7.73. The molecule has 0 aromatic heterocycles. The number of anilines is 1. The van der Waals surface area contributed by atoms with Crippen LogP contribution >= 0.6 is 34.8 Å². The van der Waals surface area contributed by atoms with Crippen molar-refractivity contribution in [2.24, 2.45) is 0 Å². The van der Waals surface area contributed by atoms with Crippen molar-refractivity contribution in [2.75, 3.05) is 5.32 Å². The number of hydrogen-bond acceptors (Lipinski definition) is 2. The predicted octanol–water partition coefficient (Wildman–Crippen LogP) is 5.44. The molecule has 1 atom stereocenters. The van der Waals surface area contributed by atoms with Crippen molar-refractivity contribution in [1.82, 2.24) is 0 Å². The number of hydrogen-bond donors (Lipinski definition) is 1. The Balaban J connectivity index is 2.08. The maximum Gasteiger partial charge on any atom is 0.265 e. The van der Waals surface area contributed by atoms with Crippen molar-refractivity contribution in [3.05, 3.63) is 57.5 Å². The Hall–Kier alpha value is -1.42. The standard InChI is InChI=1S/C16H14Cl3NO2/c1-2-15(22-14-5-3-4-10(17)9-14)16(21)20-13-7-11(18)6-12(19)8-13/h3-9,15H,2H2,1H3,(H,20,21). The summed E-state index contributed by atoms with van der Waals surface area (Å²) in [7, 11) is 0. The minimum absolute atomic E-state index is 0.277. The van der Waals surface area contributed by atoms with Gasteiger partial charge in [-0.25, -0.2) is 0 Å². The molecule has 0 aliphatic rings. The minimum atomic E-state index is -0.642. The van der Waals surface area contributed by atoms with Crippen molar-refractivity contribution in [3.8, 4) is 5.75 Å². The number of ether oxygens (including phenoxy) is 1. The first kappa shape index (κ1) is 16.9. The number of halogens is 3. The Morgan fingerprint density at radius 3 is 2.36 bits per heavy atom. The van der Waals surface area contributed by atoms with E-state index in [1.165, 1.54) is 0 Å². The molecule has 116 valence electrons. The first-order valence-electron chi connectivity index (χ1n) is 6.67. The highest BCUT2D eigenvalue weighted by molar-refractivity contribution is 6.35. The first-order chi connectivity index (χ1) is 10.5. The Morgan fingerprint density at radius 2 is 1.77 bits per heavy atom. The summed E-state index contributed by atoms with van der Waals surface area (Å²) in [5, 5.41) is 4.20. The molecule has 0 fully saturated rings. The van der Waals surface area contributed by atoms with Gasteiger partial charge in [0.2, 0.25) is 0 Å². The van der Waals surface area contributed by atoms with Crippen LogP contribution in [-0.4, -0.2) is 12.0 Å². The van der Waals surface area contributed by atoms with E-state index >= 15 is 0 Å². The second-order valence-corrected chi connectivity index (χ2v) is 5.93. The molecule has 0 aliphatic carbocycles. The van der Waals surface area contributed by atoms with Crippen LogP contribution in [0, 0.1) is 0 Å². The summed E-state index contributed by atoms with van der Waals surface area (Å²) in [5.41, 5.74) is 0.524. The van der Waals surface area contributed by atoms with Gasteiger partial charge in [0.1, 0.15) is 5.75 Å². The molecule has 0 heterocycles. The lowest BCUT2D eigenvalue weighted by Gasteiger charge is -2.17. The molecule has 1 N–H and O–H groups in total. The van der Waals surface area contributed by atoms with E-state index in [1.807, 2.05) is 6.92 Å². The Kier molecular flexibility index (Phi) is 5.95. The molecule has 22 heavy (non-hydrogen) atoms. The summed E-state index contributed by atoms with van der Waals surface area (Å²) in [6.45, 7) is 1.86. The zero-order valence-corrected chi connectivity index (χ0v) is 14.0. The summed E-state index contributed by atoms with van der Waals surface area (Å²) in [6.07, 6.45) is -0.136. The molecule has 2 rings (SSSR count). The molecule has 0 bridgehead atoms. The van der Waals surface area contributed by atoms with Crippen molar-refractivity contribution in [3.63, 3.8) is 0 Å². The Labute approximate surface area is 144 Å². The highest BCUT2D eigenvalue weighted by Crippen LogP contribution is 2.23. The fraction of sp³-hybridized carbons (Fsp3) is 0.188. The maximum atomic E-state index is 12.3. The van der Waals surface area contributed by atoms with Crippen LogP contribution in [0.3, 0.4) is 0 Å². The van der Waals surface area contributed by atoms with Gasteiger partial charge in [0, 0.05) is 20.8 Å². The first-order valence-corrected chi connectivity index (χ1v) is 7.80. The number of carbonyl (C=O) groups excluding carboxylic acids is 1. The summed E-state index contributed by atoms with van der Waals surface area (Å²) < 4.78 is 5.68. The van der Waals surface area contributed by atoms with Gasteiger partial charge in [-0.05, 0) is 42.8 Å². The number of rotatable bonds is 5. The van der Waals surface area contributed by atoms with E-state index in [-0.39, 0.29) is 5.91 Å². The van der Waals surface area contributed by atoms with Crippen molar-refractivity contribution < 1.29 is 9.53 Å². The molecule has 2 aromatic rings. The van der Waals surface area contributed by atoms with Gasteiger partial charge in [0.15, 0.2) is 6.10 Å². The van der Waals surface area contributed by atoms with E-state index in [0.29, 0.717) is 32.9 Å². The summed E-state index contributed by atoms with van der Waals surface area (Å²) in [6, 6.07) is 11.8. The zero-order chi connectivity index (χ0) is 16.1. The third kappa shape index (κ3) is 4.80. The van der Waals surface area contributed by atoms with Gasteiger partial charge in [-0.15, -0.1) is 0 Å². The highest BCUT2D eigenvalue weighted by Gasteiger charge is 2.19. The molecule has 2 aromatic carbocycles. The van der Waals surface area contributed by atoms with Crippen LogP contribution < -0.4 is 10.1 Å². The Morgan fingerprint density at radius 1 is 1.09 bits per heavy atom. The zero-order valence-electron chi connectivity index (χ0n) is 11.8. The maximum absolute atomic E-state index is 12.3. The molecule has 1 unspecified atom stereocenters. The van der Waals surface area contributed by atoms with Crippen LogP contribution in [0.15, 0.2) is 42.5 Å². The number of amides is 1. The fourth-order valence-electron chi connectivity index (χ4n) is 1.88. The van der Waals surface area contributed by atoms with Gasteiger partial charge >= 0.3 is 0 Å². The van der Waals surface area contributed by atoms with Crippen molar-refractivity contribution in [1.29, 1.82) is 0 Å². The van der Waals surface area contributed by atoms with E-state index in [4.69, 9.17) is 39.5 Å². The minimum Gasteiger partial charge on any atom is -0.481 e. The van der Waals surface area contributed by atoms with Gasteiger partial charge in [-0.3, -0.25) is 4.79 Å². The van der Waals surface area contributed by atoms with Gasteiger partial charge in [-0.2, -0.15) is 0 Å². The van der Waals surface area contributed by atoms with E-state index in [1.54, 1.807) is 42.5 Å². The van der Waals surface area contributed by atoms with Crippen molar-refractivity contribution >= 4 is 46.4 Å². The molecule has 0 aliphatic heterocycles. The lowest BCUT2D eigenvalue weighted by Crippen LogP contribution is -2.32. The van der Waals surface area contributed by atoms with Gasteiger partial charge in [0.05, 0.1) is 0 Å². The van der Waals surface area contributed by atoms with Crippen LogP contribution in [0.5, 0.6) is 5.75 Å². The quantitative estimate of drug-likeness (QED) is 0.772. The van der Waals surface area contributed by atoms with Crippen LogP contribution in [-0.2, 0) is 4.79 Å². The third-order valence-corrected chi connectivity index (χ3v) is 3.54. The molecule has 0 saturated carbocycles. The molecule has 0 saturated heterocycles. The number of benzene rings is 2. The average molecular weight is 359 g/mol. The van der Waals surface area contributed by atoms with Crippen LogP contribution in [0.2, 0.25) is 15.1 Å². The number of nitrogens with one attached hydrogen (secondary N) is 1. The lowest BCUT2D eigenvalue weighted by molar-refractivity contribution is -0.122. The molecule has 0 radical (unpaired) electrons. The molecule has 1 amide bonds.